The number of rotatable bonds is 13. The van der Waals surface area contributed by atoms with E-state index in [1.165, 1.54) is 26.2 Å². The Morgan fingerprint density at radius 2 is 1.59 bits per heavy atom. The van der Waals surface area contributed by atoms with Gasteiger partial charge in [0.25, 0.3) is 10.0 Å². The smallest absolute Gasteiger partial charge is 0.420 e. The lowest BCUT2D eigenvalue weighted by Crippen LogP contribution is -2.34. The van der Waals surface area contributed by atoms with Crippen molar-refractivity contribution in [3.8, 4) is 23.0 Å². The number of fused-ring (bicyclic) bond motifs is 1. The summed E-state index contributed by atoms with van der Waals surface area (Å²) in [5.41, 5.74) is 1.18. The molecule has 1 aliphatic heterocycles. The van der Waals surface area contributed by atoms with Crippen LogP contribution in [0.4, 0.5) is 22.1 Å². The Morgan fingerprint density at radius 1 is 0.893 bits per heavy atom. The summed E-state index contributed by atoms with van der Waals surface area (Å²) in [4.78, 5) is 15.4. The third-order valence-electron chi connectivity index (χ3n) is 9.63. The maximum Gasteiger partial charge on any atom is 0.420 e. The van der Waals surface area contributed by atoms with Gasteiger partial charge in [0.2, 0.25) is 0 Å². The van der Waals surface area contributed by atoms with Crippen LogP contribution in [0.25, 0.3) is 11.0 Å². The zero-order valence-corrected chi connectivity index (χ0v) is 33.4. The molecule has 0 N–H and O–H groups in total. The average Bonchev–Trinajstić information content (AvgIpc) is 3.82. The molecule has 1 saturated heterocycles. The Labute approximate surface area is 326 Å². The number of hydrogen-bond donors (Lipinski definition) is 0. The number of ether oxygens (including phenoxy) is 6. The summed E-state index contributed by atoms with van der Waals surface area (Å²) >= 11 is 0. The van der Waals surface area contributed by atoms with Crippen LogP contribution in [-0.4, -0.2) is 70.1 Å². The van der Waals surface area contributed by atoms with Crippen LogP contribution in [0.5, 0.6) is 23.0 Å². The number of hydrogen-bond acceptors (Lipinski definition) is 12. The highest BCUT2D eigenvalue weighted by atomic mass is 32.2. The van der Waals surface area contributed by atoms with Crippen molar-refractivity contribution in [2.24, 2.45) is 0 Å². The SMILES string of the molecule is COc1ccc(CN(c2noc3cc(N(C(=O)OC(C)(C)C)c4cc(C5CC5)n(C5CCCCO5)n4)c(OC)cc23)S(=O)(=O)c2c(OC)cccc2OC)cc1. The Bertz CT molecular complexity index is 2280. The van der Waals surface area contributed by atoms with Crippen molar-refractivity contribution >= 4 is 44.4 Å². The van der Waals surface area contributed by atoms with E-state index in [0.29, 0.717) is 35.0 Å². The van der Waals surface area contributed by atoms with E-state index in [9.17, 15) is 13.2 Å². The highest BCUT2D eigenvalue weighted by Gasteiger charge is 2.38. The third-order valence-corrected chi connectivity index (χ3v) is 11.4. The molecule has 1 aliphatic carbocycles. The molecule has 2 aromatic heterocycles. The number of methoxy groups -OCH3 is 4. The van der Waals surface area contributed by atoms with Crippen molar-refractivity contribution in [3.63, 3.8) is 0 Å². The molecule has 15 nitrogen and oxygen atoms in total. The molecule has 0 spiro atoms. The predicted molar refractivity (Wildman–Crippen MR) is 208 cm³/mol. The lowest BCUT2D eigenvalue weighted by atomic mass is 10.1. The summed E-state index contributed by atoms with van der Waals surface area (Å²) in [5, 5.41) is 9.59. The van der Waals surface area contributed by atoms with Gasteiger partial charge in [0, 0.05) is 30.4 Å². The van der Waals surface area contributed by atoms with Crippen LogP contribution >= 0.6 is 0 Å². The van der Waals surface area contributed by atoms with Crippen molar-refractivity contribution in [1.29, 1.82) is 0 Å². The van der Waals surface area contributed by atoms with E-state index in [4.69, 9.17) is 38.0 Å². The van der Waals surface area contributed by atoms with E-state index in [1.54, 1.807) is 82.5 Å². The number of anilines is 3. The Hall–Kier alpha value is -5.48. The molecule has 3 aromatic carbocycles. The Kier molecular flexibility index (Phi) is 10.8. The van der Waals surface area contributed by atoms with Gasteiger partial charge in [-0.25, -0.2) is 27.1 Å². The van der Waals surface area contributed by atoms with Crippen molar-refractivity contribution in [3.05, 3.63) is 71.9 Å². The van der Waals surface area contributed by atoms with E-state index >= 15 is 0 Å². The minimum absolute atomic E-state index is 0.0350. The maximum absolute atomic E-state index is 14.9. The van der Waals surface area contributed by atoms with Gasteiger partial charge in [0.05, 0.1) is 46.1 Å². The molecule has 1 unspecified atom stereocenters. The number of nitrogens with zero attached hydrogens (tertiary/aromatic N) is 5. The third kappa shape index (κ3) is 7.67. The normalized spacial score (nSPS) is 16.0. The van der Waals surface area contributed by atoms with E-state index in [2.05, 4.69) is 5.16 Å². The Balaban J connectivity index is 1.39. The molecule has 56 heavy (non-hydrogen) atoms. The minimum Gasteiger partial charge on any atom is -0.497 e. The maximum atomic E-state index is 14.9. The first-order valence-electron chi connectivity index (χ1n) is 18.4. The number of carbonyl (C=O) groups is 1. The van der Waals surface area contributed by atoms with Crippen LogP contribution in [0, 0.1) is 0 Å². The van der Waals surface area contributed by atoms with Gasteiger partial charge >= 0.3 is 6.09 Å². The van der Waals surface area contributed by atoms with Crippen molar-refractivity contribution < 1.29 is 46.2 Å². The number of sulfonamides is 1. The highest BCUT2D eigenvalue weighted by molar-refractivity contribution is 7.93. The lowest BCUT2D eigenvalue weighted by Gasteiger charge is -2.27. The molecule has 5 aromatic rings. The number of aromatic nitrogens is 3. The molecule has 16 heteroatoms. The molecule has 2 fully saturated rings. The first kappa shape index (κ1) is 38.8. The molecule has 0 radical (unpaired) electrons. The first-order valence-corrected chi connectivity index (χ1v) is 19.9. The Morgan fingerprint density at radius 3 is 2.18 bits per heavy atom. The van der Waals surface area contributed by atoms with Crippen LogP contribution in [0.1, 0.15) is 76.3 Å². The fourth-order valence-corrected chi connectivity index (χ4v) is 8.48. The minimum atomic E-state index is -4.47. The number of benzene rings is 3. The number of carbonyl (C=O) groups excluding carboxylic acids is 1. The van der Waals surface area contributed by atoms with Crippen LogP contribution in [0.2, 0.25) is 0 Å². The van der Waals surface area contributed by atoms with E-state index in [0.717, 1.165) is 42.1 Å². The summed E-state index contributed by atoms with van der Waals surface area (Å²) in [6, 6.07) is 16.8. The molecule has 298 valence electrons. The molecular weight excluding hydrogens is 743 g/mol. The van der Waals surface area contributed by atoms with Gasteiger partial charge in [0.1, 0.15) is 28.6 Å². The van der Waals surface area contributed by atoms with Gasteiger partial charge in [0.15, 0.2) is 28.3 Å². The summed E-state index contributed by atoms with van der Waals surface area (Å²) in [6.07, 6.45) is 3.87. The summed E-state index contributed by atoms with van der Waals surface area (Å²) in [5.74, 6) is 1.55. The van der Waals surface area contributed by atoms with Crippen LogP contribution in [0.3, 0.4) is 0 Å². The molecule has 3 heterocycles. The van der Waals surface area contributed by atoms with Gasteiger partial charge in [-0.15, -0.1) is 0 Å². The molecule has 2 aliphatic rings. The summed E-state index contributed by atoms with van der Waals surface area (Å²) in [6.45, 7) is 5.82. The molecule has 1 atom stereocenters. The second-order valence-electron chi connectivity index (χ2n) is 14.7. The van der Waals surface area contributed by atoms with E-state index in [1.807, 2.05) is 10.7 Å². The fraction of sp³-hybridized carbons (Fsp3) is 0.425. The molecule has 1 saturated carbocycles. The largest absolute Gasteiger partial charge is 0.497 e. The van der Waals surface area contributed by atoms with Crippen molar-refractivity contribution in [2.75, 3.05) is 44.3 Å². The zero-order valence-electron chi connectivity index (χ0n) is 32.6. The molecule has 7 rings (SSSR count). The number of amides is 1. The topological polar surface area (TPSA) is 157 Å². The molecule has 0 bridgehead atoms. The second kappa shape index (κ2) is 15.6. The van der Waals surface area contributed by atoms with Crippen LogP contribution < -0.4 is 28.2 Å². The van der Waals surface area contributed by atoms with Crippen molar-refractivity contribution in [1.82, 2.24) is 14.9 Å². The first-order chi connectivity index (χ1) is 26.9. The predicted octanol–water partition coefficient (Wildman–Crippen LogP) is 8.10. The molecular formula is C40H47N5O10S. The van der Waals surface area contributed by atoms with Gasteiger partial charge in [-0.1, -0.05) is 23.4 Å². The van der Waals surface area contributed by atoms with Gasteiger partial charge < -0.3 is 32.9 Å². The van der Waals surface area contributed by atoms with Gasteiger partial charge in [-0.2, -0.15) is 5.10 Å². The van der Waals surface area contributed by atoms with Gasteiger partial charge in [-0.3, -0.25) is 0 Å². The van der Waals surface area contributed by atoms with Crippen molar-refractivity contribution in [2.45, 2.75) is 82.1 Å². The second-order valence-corrected chi connectivity index (χ2v) is 16.5. The lowest BCUT2D eigenvalue weighted by molar-refractivity contribution is -0.0410. The van der Waals surface area contributed by atoms with Crippen LogP contribution in [0.15, 0.2) is 70.1 Å². The standard InChI is InChI=1S/C40H47N5O10S/c1-40(2,3)54-39(46)44(35-23-29(26-16-17-26)45(41-35)36-13-8-9-20-53-36)30-22-33-28(21-34(30)52-7)38(42-55-33)43(24-25-14-18-27(49-4)19-15-25)56(47,48)37-31(50-5)11-10-12-32(37)51-6/h10-12,14-15,18-19,21-23,26,36H,8-9,13,16-17,20,24H2,1-7H3. The highest BCUT2D eigenvalue weighted by Crippen LogP contribution is 2.47. The summed E-state index contributed by atoms with van der Waals surface area (Å²) in [7, 11) is 1.30. The van der Waals surface area contributed by atoms with Gasteiger partial charge in [-0.05, 0) is 88.8 Å². The van der Waals surface area contributed by atoms with E-state index in [-0.39, 0.29) is 52.0 Å². The fourth-order valence-electron chi connectivity index (χ4n) is 6.77. The average molecular weight is 790 g/mol. The van der Waals surface area contributed by atoms with Crippen LogP contribution in [-0.2, 0) is 26.0 Å². The monoisotopic (exact) mass is 789 g/mol. The molecule has 1 amide bonds. The van der Waals surface area contributed by atoms with E-state index < -0.39 is 21.7 Å². The zero-order chi connectivity index (χ0) is 39.8. The summed E-state index contributed by atoms with van der Waals surface area (Å²) < 4.78 is 73.0. The quantitative estimate of drug-likeness (QED) is 0.113.